The first kappa shape index (κ1) is 20.2. The SMILES string of the molecule is CCNC(=NCCc1ccncc1C)N1CCC(COC)C1.I. The van der Waals surface area contributed by atoms with Crippen LogP contribution in [0.2, 0.25) is 0 Å². The first-order valence-corrected chi connectivity index (χ1v) is 8.16. The van der Waals surface area contributed by atoms with Crippen LogP contribution in [0, 0.1) is 12.8 Å². The number of nitrogens with one attached hydrogen (secondary N) is 1. The van der Waals surface area contributed by atoms with Gasteiger partial charge in [-0.05, 0) is 43.9 Å². The number of rotatable bonds is 6. The highest BCUT2D eigenvalue weighted by molar-refractivity contribution is 14.0. The van der Waals surface area contributed by atoms with Crippen LogP contribution in [-0.2, 0) is 11.2 Å². The summed E-state index contributed by atoms with van der Waals surface area (Å²) in [6.07, 6.45) is 5.91. The van der Waals surface area contributed by atoms with Crippen LogP contribution < -0.4 is 5.32 Å². The van der Waals surface area contributed by atoms with Crippen LogP contribution in [0.3, 0.4) is 0 Å². The summed E-state index contributed by atoms with van der Waals surface area (Å²) >= 11 is 0. The molecule has 1 atom stereocenters. The number of aryl methyl sites for hydroxylation is 1. The second kappa shape index (κ2) is 10.8. The topological polar surface area (TPSA) is 49.8 Å². The smallest absolute Gasteiger partial charge is 0.193 e. The van der Waals surface area contributed by atoms with Crippen LogP contribution in [0.1, 0.15) is 24.5 Å². The zero-order valence-corrected chi connectivity index (χ0v) is 16.7. The minimum atomic E-state index is 0. The Bertz CT molecular complexity index is 495. The molecule has 0 radical (unpaired) electrons. The number of nitrogens with zero attached hydrogens (tertiary/aromatic N) is 3. The normalized spacial score (nSPS) is 18.0. The number of ether oxygens (including phenoxy) is 1. The summed E-state index contributed by atoms with van der Waals surface area (Å²) < 4.78 is 5.27. The van der Waals surface area contributed by atoms with Crippen LogP contribution in [0.5, 0.6) is 0 Å². The largest absolute Gasteiger partial charge is 0.384 e. The van der Waals surface area contributed by atoms with Gasteiger partial charge in [0.15, 0.2) is 5.96 Å². The Balaban J connectivity index is 0.00000264. The monoisotopic (exact) mass is 432 g/mol. The quantitative estimate of drug-likeness (QED) is 0.427. The number of likely N-dealkylation sites (tertiary alicyclic amines) is 1. The summed E-state index contributed by atoms with van der Waals surface area (Å²) in [4.78, 5) is 11.3. The third-order valence-corrected chi connectivity index (χ3v) is 4.10. The van der Waals surface area contributed by atoms with Crippen LogP contribution in [0.4, 0.5) is 0 Å². The maximum atomic E-state index is 5.27. The van der Waals surface area contributed by atoms with Crippen LogP contribution in [-0.4, -0.2) is 55.7 Å². The lowest BCUT2D eigenvalue weighted by atomic mass is 10.1. The fraction of sp³-hybridized carbons (Fsp3) is 0.647. The van der Waals surface area contributed by atoms with Gasteiger partial charge in [0.25, 0.3) is 0 Å². The molecular weight excluding hydrogens is 403 g/mol. The van der Waals surface area contributed by atoms with E-state index >= 15 is 0 Å². The molecule has 1 N–H and O–H groups in total. The summed E-state index contributed by atoms with van der Waals surface area (Å²) in [6, 6.07) is 2.09. The van der Waals surface area contributed by atoms with Crippen molar-refractivity contribution >= 4 is 29.9 Å². The van der Waals surface area contributed by atoms with Gasteiger partial charge in [0.2, 0.25) is 0 Å². The Morgan fingerprint density at radius 1 is 1.52 bits per heavy atom. The molecule has 5 nitrogen and oxygen atoms in total. The number of hydrogen-bond acceptors (Lipinski definition) is 3. The van der Waals surface area contributed by atoms with Gasteiger partial charge in [-0.1, -0.05) is 0 Å². The molecule has 6 heteroatoms. The van der Waals surface area contributed by atoms with E-state index in [0.29, 0.717) is 5.92 Å². The van der Waals surface area contributed by atoms with Gasteiger partial charge in [-0.15, -0.1) is 24.0 Å². The maximum absolute atomic E-state index is 5.27. The number of aliphatic imine (C=N–C) groups is 1. The van der Waals surface area contributed by atoms with Crippen molar-refractivity contribution in [3.05, 3.63) is 29.6 Å². The van der Waals surface area contributed by atoms with Crippen LogP contribution >= 0.6 is 24.0 Å². The molecule has 2 heterocycles. The van der Waals surface area contributed by atoms with Crippen molar-refractivity contribution in [2.75, 3.05) is 39.9 Å². The second-order valence-corrected chi connectivity index (χ2v) is 5.84. The van der Waals surface area contributed by atoms with E-state index in [4.69, 9.17) is 9.73 Å². The number of aromatic nitrogens is 1. The zero-order valence-electron chi connectivity index (χ0n) is 14.4. The summed E-state index contributed by atoms with van der Waals surface area (Å²) in [5.74, 6) is 1.66. The molecule has 0 bridgehead atoms. The number of guanidine groups is 1. The van der Waals surface area contributed by atoms with E-state index in [1.165, 1.54) is 17.5 Å². The highest BCUT2D eigenvalue weighted by Crippen LogP contribution is 2.16. The lowest BCUT2D eigenvalue weighted by Crippen LogP contribution is -2.40. The Morgan fingerprint density at radius 3 is 3.04 bits per heavy atom. The molecule has 1 aliphatic rings. The van der Waals surface area contributed by atoms with E-state index in [9.17, 15) is 0 Å². The lowest BCUT2D eigenvalue weighted by molar-refractivity contribution is 0.157. The van der Waals surface area contributed by atoms with Crippen LogP contribution in [0.25, 0.3) is 0 Å². The highest BCUT2D eigenvalue weighted by Gasteiger charge is 2.24. The van der Waals surface area contributed by atoms with Crippen molar-refractivity contribution in [3.63, 3.8) is 0 Å². The van der Waals surface area contributed by atoms with E-state index < -0.39 is 0 Å². The van der Waals surface area contributed by atoms with Crippen molar-refractivity contribution in [2.45, 2.75) is 26.7 Å². The molecule has 1 fully saturated rings. The summed E-state index contributed by atoms with van der Waals surface area (Å²) in [5.41, 5.74) is 2.57. The molecule has 0 spiro atoms. The molecule has 130 valence electrons. The molecule has 2 rings (SSSR count). The van der Waals surface area contributed by atoms with E-state index in [-0.39, 0.29) is 24.0 Å². The second-order valence-electron chi connectivity index (χ2n) is 5.84. The molecular formula is C17H29IN4O. The third-order valence-electron chi connectivity index (χ3n) is 4.10. The van der Waals surface area contributed by atoms with Crippen molar-refractivity contribution in [1.82, 2.24) is 15.2 Å². The predicted molar refractivity (Wildman–Crippen MR) is 106 cm³/mol. The number of hydrogen-bond donors (Lipinski definition) is 1. The van der Waals surface area contributed by atoms with Gasteiger partial charge in [-0.2, -0.15) is 0 Å². The van der Waals surface area contributed by atoms with Gasteiger partial charge >= 0.3 is 0 Å². The van der Waals surface area contributed by atoms with Gasteiger partial charge in [-0.3, -0.25) is 9.98 Å². The number of pyridine rings is 1. The lowest BCUT2D eigenvalue weighted by Gasteiger charge is -2.21. The Hall–Kier alpha value is -0.890. The highest BCUT2D eigenvalue weighted by atomic mass is 127. The molecule has 1 aromatic rings. The molecule has 0 saturated carbocycles. The van der Waals surface area contributed by atoms with Crippen molar-refractivity contribution in [3.8, 4) is 0 Å². The summed E-state index contributed by atoms with van der Waals surface area (Å²) in [6.45, 7) is 8.86. The molecule has 23 heavy (non-hydrogen) atoms. The van der Waals surface area contributed by atoms with Gasteiger partial charge in [-0.25, -0.2) is 0 Å². The zero-order chi connectivity index (χ0) is 15.8. The molecule has 1 saturated heterocycles. The average molecular weight is 432 g/mol. The van der Waals surface area contributed by atoms with Gasteiger partial charge in [0, 0.05) is 51.6 Å². The summed E-state index contributed by atoms with van der Waals surface area (Å²) in [7, 11) is 1.78. The first-order chi connectivity index (χ1) is 10.7. The summed E-state index contributed by atoms with van der Waals surface area (Å²) in [5, 5.41) is 3.41. The molecule has 0 aromatic carbocycles. The number of methoxy groups -OCH3 is 1. The van der Waals surface area contributed by atoms with E-state index in [2.05, 4.69) is 35.1 Å². The van der Waals surface area contributed by atoms with Crippen molar-refractivity contribution in [1.29, 1.82) is 0 Å². The minimum absolute atomic E-state index is 0. The van der Waals surface area contributed by atoms with E-state index in [0.717, 1.165) is 45.2 Å². The third kappa shape index (κ3) is 6.25. The Labute approximate surface area is 156 Å². The van der Waals surface area contributed by atoms with Gasteiger partial charge < -0.3 is 15.0 Å². The Morgan fingerprint density at radius 2 is 2.35 bits per heavy atom. The molecule has 0 amide bonds. The number of halogens is 1. The molecule has 1 unspecified atom stereocenters. The maximum Gasteiger partial charge on any atom is 0.193 e. The molecule has 1 aromatic heterocycles. The fourth-order valence-electron chi connectivity index (χ4n) is 2.89. The van der Waals surface area contributed by atoms with Crippen molar-refractivity contribution in [2.24, 2.45) is 10.9 Å². The average Bonchev–Trinajstić information content (AvgIpc) is 2.97. The predicted octanol–water partition coefficient (Wildman–Crippen LogP) is 2.48. The van der Waals surface area contributed by atoms with Gasteiger partial charge in [0.05, 0.1) is 6.61 Å². The van der Waals surface area contributed by atoms with Gasteiger partial charge in [0.1, 0.15) is 0 Å². The fourth-order valence-corrected chi connectivity index (χ4v) is 2.89. The van der Waals surface area contributed by atoms with E-state index in [1.54, 1.807) is 7.11 Å². The first-order valence-electron chi connectivity index (χ1n) is 8.16. The van der Waals surface area contributed by atoms with Crippen molar-refractivity contribution < 1.29 is 4.74 Å². The molecule has 0 aliphatic carbocycles. The van der Waals surface area contributed by atoms with Crippen LogP contribution in [0.15, 0.2) is 23.5 Å². The molecule has 1 aliphatic heterocycles. The van der Waals surface area contributed by atoms with E-state index in [1.807, 2.05) is 12.4 Å². The minimum Gasteiger partial charge on any atom is -0.384 e. The Kier molecular flexibility index (Phi) is 9.47. The standard InChI is InChI=1S/C17H28N4O.HI/c1-4-19-17(21-10-7-15(12-21)13-22-3)20-9-6-16-5-8-18-11-14(16)2;/h5,8,11,15H,4,6-7,9-10,12-13H2,1-3H3,(H,19,20);1H.